The first-order valence-electron chi connectivity index (χ1n) is 6.00. The van der Waals surface area contributed by atoms with Gasteiger partial charge in [0.25, 0.3) is 0 Å². The van der Waals surface area contributed by atoms with Crippen LogP contribution < -0.4 is 0 Å². The van der Waals surface area contributed by atoms with Gasteiger partial charge in [-0.25, -0.2) is 14.8 Å². The van der Waals surface area contributed by atoms with Crippen molar-refractivity contribution in [2.24, 2.45) is 7.05 Å². The minimum Gasteiger partial charge on any atom is -0.465 e. The highest BCUT2D eigenvalue weighted by Gasteiger charge is 2.15. The van der Waals surface area contributed by atoms with E-state index >= 15 is 0 Å². The van der Waals surface area contributed by atoms with Crippen molar-refractivity contribution in [2.45, 2.75) is 0 Å². The van der Waals surface area contributed by atoms with Gasteiger partial charge in [0.05, 0.1) is 48.3 Å². The second kappa shape index (κ2) is 4.73. The molecule has 3 heterocycles. The van der Waals surface area contributed by atoms with E-state index < -0.39 is 5.97 Å². The van der Waals surface area contributed by atoms with Crippen molar-refractivity contribution < 1.29 is 9.53 Å². The number of imidazole rings is 1. The minimum absolute atomic E-state index is 0.396. The number of hydrogen-bond donors (Lipinski definition) is 0. The van der Waals surface area contributed by atoms with Gasteiger partial charge in [-0.05, 0) is 12.1 Å². The zero-order valence-electron chi connectivity index (χ0n) is 11.1. The number of nitrogens with zero attached hydrogens (tertiary/aromatic N) is 4. The minimum atomic E-state index is -0.396. The molecule has 6 nitrogen and oxygen atoms in total. The van der Waals surface area contributed by atoms with E-state index in [1.165, 1.54) is 7.11 Å². The average molecular weight is 268 g/mol. The van der Waals surface area contributed by atoms with Crippen LogP contribution in [0.1, 0.15) is 10.4 Å². The Hall–Kier alpha value is -2.76. The smallest absolute Gasteiger partial charge is 0.338 e. The first-order chi connectivity index (χ1) is 9.70. The molecule has 0 saturated heterocycles. The number of fused-ring (bicyclic) bond motifs is 1. The summed E-state index contributed by atoms with van der Waals surface area (Å²) in [6.07, 6.45) is 6.63. The lowest BCUT2D eigenvalue weighted by molar-refractivity contribution is 0.0603. The maximum atomic E-state index is 11.9. The Morgan fingerprint density at radius 1 is 1.30 bits per heavy atom. The van der Waals surface area contributed by atoms with E-state index in [-0.39, 0.29) is 0 Å². The Labute approximate surface area is 115 Å². The van der Waals surface area contributed by atoms with Crippen molar-refractivity contribution in [3.8, 4) is 11.4 Å². The first-order valence-corrected chi connectivity index (χ1v) is 6.00. The van der Waals surface area contributed by atoms with Crippen molar-refractivity contribution in [1.82, 2.24) is 19.5 Å². The lowest BCUT2D eigenvalue weighted by atomic mass is 10.1. The molecule has 0 amide bonds. The van der Waals surface area contributed by atoms with Gasteiger partial charge in [0.2, 0.25) is 0 Å². The summed E-state index contributed by atoms with van der Waals surface area (Å²) in [4.78, 5) is 24.6. The van der Waals surface area contributed by atoms with Crippen LogP contribution in [0.15, 0.2) is 37.1 Å². The summed E-state index contributed by atoms with van der Waals surface area (Å²) in [5.41, 5.74) is 2.59. The number of ether oxygens (including phenoxy) is 1. The summed E-state index contributed by atoms with van der Waals surface area (Å²) in [5.74, 6) is -0.396. The molecule has 0 aliphatic carbocycles. The number of rotatable bonds is 2. The van der Waals surface area contributed by atoms with Gasteiger partial charge in [-0.15, -0.1) is 0 Å². The second-order valence-electron chi connectivity index (χ2n) is 4.33. The van der Waals surface area contributed by atoms with Crippen LogP contribution in [0.3, 0.4) is 0 Å². The molecule has 20 heavy (non-hydrogen) atoms. The third-order valence-electron chi connectivity index (χ3n) is 3.10. The number of aryl methyl sites for hydroxylation is 1. The molecule has 0 unspecified atom stereocenters. The lowest BCUT2D eigenvalue weighted by Gasteiger charge is -2.08. The summed E-state index contributed by atoms with van der Waals surface area (Å²) < 4.78 is 6.68. The number of carbonyl (C=O) groups excluding carboxylic acids is 1. The normalized spacial score (nSPS) is 10.7. The molecule has 0 spiro atoms. The maximum Gasteiger partial charge on any atom is 0.338 e. The van der Waals surface area contributed by atoms with Gasteiger partial charge in [0.1, 0.15) is 0 Å². The standard InChI is InChI=1S/C14H12N4O2/c1-18-8-16-7-13(18)11-5-10(14(19)20-2)9-3-4-15-6-12(9)17-11/h3-8H,1-2H3. The van der Waals surface area contributed by atoms with Gasteiger partial charge in [-0.3, -0.25) is 4.98 Å². The average Bonchev–Trinajstić information content (AvgIpc) is 2.91. The van der Waals surface area contributed by atoms with E-state index in [9.17, 15) is 4.79 Å². The molecule has 0 fully saturated rings. The summed E-state index contributed by atoms with van der Waals surface area (Å²) >= 11 is 0. The van der Waals surface area contributed by atoms with Crippen molar-refractivity contribution in [3.05, 3.63) is 42.6 Å². The fraction of sp³-hybridized carbons (Fsp3) is 0.143. The van der Waals surface area contributed by atoms with Crippen LogP contribution in [-0.2, 0) is 11.8 Å². The Morgan fingerprint density at radius 2 is 2.15 bits per heavy atom. The van der Waals surface area contributed by atoms with E-state index in [1.54, 1.807) is 37.1 Å². The zero-order valence-corrected chi connectivity index (χ0v) is 11.1. The van der Waals surface area contributed by atoms with Crippen molar-refractivity contribution >= 4 is 16.9 Å². The van der Waals surface area contributed by atoms with E-state index in [0.29, 0.717) is 16.8 Å². The summed E-state index contributed by atoms with van der Waals surface area (Å²) in [6, 6.07) is 3.47. The van der Waals surface area contributed by atoms with E-state index in [1.807, 2.05) is 11.6 Å². The summed E-state index contributed by atoms with van der Waals surface area (Å²) in [7, 11) is 3.23. The molecule has 3 aromatic rings. The molecule has 6 heteroatoms. The molecule has 0 N–H and O–H groups in total. The first kappa shape index (κ1) is 12.3. The van der Waals surface area contributed by atoms with Crippen LogP contribution >= 0.6 is 0 Å². The SMILES string of the molecule is COC(=O)c1cc(-c2cncn2C)nc2cnccc12. The van der Waals surface area contributed by atoms with E-state index in [2.05, 4.69) is 15.0 Å². The maximum absolute atomic E-state index is 11.9. The van der Waals surface area contributed by atoms with E-state index in [4.69, 9.17) is 4.74 Å². The van der Waals surface area contributed by atoms with Gasteiger partial charge in [0.15, 0.2) is 0 Å². The molecular formula is C14H12N4O2. The topological polar surface area (TPSA) is 69.9 Å². The molecule has 0 aliphatic heterocycles. The molecule has 100 valence electrons. The van der Waals surface area contributed by atoms with Crippen LogP contribution in [0.5, 0.6) is 0 Å². The van der Waals surface area contributed by atoms with Gasteiger partial charge in [-0.1, -0.05) is 0 Å². The number of pyridine rings is 2. The van der Waals surface area contributed by atoms with Gasteiger partial charge >= 0.3 is 5.97 Å². The summed E-state index contributed by atoms with van der Waals surface area (Å²) in [5, 5.41) is 0.720. The van der Waals surface area contributed by atoms with Crippen LogP contribution in [0, 0.1) is 0 Å². The number of carbonyl (C=O) groups is 1. The Bertz CT molecular complexity index is 795. The molecule has 3 aromatic heterocycles. The predicted molar refractivity (Wildman–Crippen MR) is 73.1 cm³/mol. The molecule has 0 aromatic carbocycles. The highest BCUT2D eigenvalue weighted by atomic mass is 16.5. The molecule has 0 bridgehead atoms. The Morgan fingerprint density at radius 3 is 2.85 bits per heavy atom. The van der Waals surface area contributed by atoms with Gasteiger partial charge < -0.3 is 9.30 Å². The number of esters is 1. The molecule has 3 rings (SSSR count). The van der Waals surface area contributed by atoms with E-state index in [0.717, 1.165) is 11.1 Å². The highest BCUT2D eigenvalue weighted by molar-refractivity contribution is 6.04. The Kier molecular flexibility index (Phi) is 2.90. The lowest BCUT2D eigenvalue weighted by Crippen LogP contribution is -2.04. The van der Waals surface area contributed by atoms with Crippen molar-refractivity contribution in [1.29, 1.82) is 0 Å². The molecule has 0 atom stereocenters. The molecule has 0 saturated carbocycles. The van der Waals surface area contributed by atoms with Crippen molar-refractivity contribution in [2.75, 3.05) is 7.11 Å². The third kappa shape index (κ3) is 1.91. The molecular weight excluding hydrogens is 256 g/mol. The number of hydrogen-bond acceptors (Lipinski definition) is 5. The highest BCUT2D eigenvalue weighted by Crippen LogP contribution is 2.24. The predicted octanol–water partition coefficient (Wildman–Crippen LogP) is 1.82. The zero-order chi connectivity index (χ0) is 14.1. The Balaban J connectivity index is 2.31. The summed E-state index contributed by atoms with van der Waals surface area (Å²) in [6.45, 7) is 0. The molecule has 0 radical (unpaired) electrons. The van der Waals surface area contributed by atoms with Gasteiger partial charge in [0, 0.05) is 18.6 Å². The van der Waals surface area contributed by atoms with Gasteiger partial charge in [-0.2, -0.15) is 0 Å². The fourth-order valence-corrected chi connectivity index (χ4v) is 2.09. The van der Waals surface area contributed by atoms with Crippen LogP contribution in [0.2, 0.25) is 0 Å². The van der Waals surface area contributed by atoms with Crippen molar-refractivity contribution in [3.63, 3.8) is 0 Å². The monoisotopic (exact) mass is 268 g/mol. The van der Waals surface area contributed by atoms with Crippen LogP contribution in [0.25, 0.3) is 22.3 Å². The largest absolute Gasteiger partial charge is 0.465 e. The van der Waals surface area contributed by atoms with Crippen LogP contribution in [0.4, 0.5) is 0 Å². The van der Waals surface area contributed by atoms with Crippen LogP contribution in [-0.4, -0.2) is 32.6 Å². The third-order valence-corrected chi connectivity index (χ3v) is 3.10. The second-order valence-corrected chi connectivity index (χ2v) is 4.33. The quantitative estimate of drug-likeness (QED) is 0.663. The number of methoxy groups -OCH3 is 1. The number of aromatic nitrogens is 4. The fourth-order valence-electron chi connectivity index (χ4n) is 2.09. The molecule has 0 aliphatic rings.